The quantitative estimate of drug-likeness (QED) is 0.909. The lowest BCUT2D eigenvalue weighted by atomic mass is 9.91. The summed E-state index contributed by atoms with van der Waals surface area (Å²) < 4.78 is 13.7. The van der Waals surface area contributed by atoms with Crippen molar-refractivity contribution in [1.82, 2.24) is 15.1 Å². The van der Waals surface area contributed by atoms with Gasteiger partial charge in [-0.2, -0.15) is 5.10 Å². The fourth-order valence-corrected chi connectivity index (χ4v) is 3.02. The van der Waals surface area contributed by atoms with Crippen molar-refractivity contribution in [2.24, 2.45) is 0 Å². The van der Waals surface area contributed by atoms with Crippen LogP contribution in [0.4, 0.5) is 4.39 Å². The highest BCUT2D eigenvalue weighted by Gasteiger charge is 2.23. The molecule has 4 nitrogen and oxygen atoms in total. The predicted octanol–water partition coefficient (Wildman–Crippen LogP) is 2.46. The van der Waals surface area contributed by atoms with Gasteiger partial charge in [-0.3, -0.25) is 5.10 Å². The molecule has 1 aromatic heterocycles. The first-order chi connectivity index (χ1) is 10.2. The van der Waals surface area contributed by atoms with E-state index in [1.807, 2.05) is 12.4 Å². The molecule has 1 saturated heterocycles. The fraction of sp³-hybridized carbons (Fsp3) is 0.438. The van der Waals surface area contributed by atoms with Crippen molar-refractivity contribution in [3.63, 3.8) is 0 Å². The third kappa shape index (κ3) is 3.31. The van der Waals surface area contributed by atoms with Gasteiger partial charge in [0.25, 0.3) is 0 Å². The Morgan fingerprint density at radius 3 is 2.76 bits per heavy atom. The molecule has 0 unspecified atom stereocenters. The number of hydrogen-bond acceptors (Lipinski definition) is 3. The maximum Gasteiger partial charge on any atom is 0.129 e. The van der Waals surface area contributed by atoms with Crippen LogP contribution in [0.25, 0.3) is 0 Å². The first-order valence-corrected chi connectivity index (χ1v) is 7.37. The molecule has 1 atom stereocenters. The third-order valence-electron chi connectivity index (χ3n) is 4.27. The molecule has 1 fully saturated rings. The number of hydrogen-bond donors (Lipinski definition) is 2. The number of nitrogens with one attached hydrogen (secondary N) is 1. The van der Waals surface area contributed by atoms with Crippen LogP contribution in [0.5, 0.6) is 0 Å². The molecule has 0 amide bonds. The molecule has 1 aliphatic rings. The van der Waals surface area contributed by atoms with Gasteiger partial charge < -0.3 is 10.0 Å². The van der Waals surface area contributed by atoms with E-state index in [-0.39, 0.29) is 5.82 Å². The van der Waals surface area contributed by atoms with Gasteiger partial charge in [0.2, 0.25) is 0 Å². The minimum atomic E-state index is -0.767. The second kappa shape index (κ2) is 6.37. The van der Waals surface area contributed by atoms with Gasteiger partial charge >= 0.3 is 0 Å². The van der Waals surface area contributed by atoms with E-state index in [1.165, 1.54) is 11.6 Å². The zero-order valence-corrected chi connectivity index (χ0v) is 11.9. The van der Waals surface area contributed by atoms with Crippen molar-refractivity contribution >= 4 is 0 Å². The molecule has 21 heavy (non-hydrogen) atoms. The fourth-order valence-electron chi connectivity index (χ4n) is 3.02. The summed E-state index contributed by atoms with van der Waals surface area (Å²) in [5.74, 6) is 0.198. The van der Waals surface area contributed by atoms with Crippen LogP contribution in [0, 0.1) is 5.82 Å². The Balaban J connectivity index is 1.55. The summed E-state index contributed by atoms with van der Waals surface area (Å²) >= 11 is 0. The number of H-pyrrole nitrogens is 1. The Morgan fingerprint density at radius 2 is 2.10 bits per heavy atom. The summed E-state index contributed by atoms with van der Waals surface area (Å²) in [6, 6.07) is 6.44. The van der Waals surface area contributed by atoms with E-state index in [0.29, 0.717) is 18.0 Å². The molecule has 2 heterocycles. The molecular formula is C16H20FN3O. The smallest absolute Gasteiger partial charge is 0.129 e. The molecule has 5 heteroatoms. The molecule has 2 N–H and O–H groups in total. The minimum Gasteiger partial charge on any atom is -0.387 e. The van der Waals surface area contributed by atoms with Crippen molar-refractivity contribution in [1.29, 1.82) is 0 Å². The lowest BCUT2D eigenvalue weighted by molar-refractivity contribution is 0.0947. The number of halogens is 1. The number of aliphatic hydroxyl groups is 1. The van der Waals surface area contributed by atoms with Crippen LogP contribution in [-0.2, 0) is 0 Å². The molecule has 1 aromatic carbocycles. The summed E-state index contributed by atoms with van der Waals surface area (Å²) in [4.78, 5) is 2.20. The van der Waals surface area contributed by atoms with Crippen LogP contribution >= 0.6 is 0 Å². The van der Waals surface area contributed by atoms with Crippen LogP contribution in [0.15, 0.2) is 36.7 Å². The Bertz CT molecular complexity index is 565. The zero-order chi connectivity index (χ0) is 14.7. The van der Waals surface area contributed by atoms with Gasteiger partial charge in [-0.25, -0.2) is 4.39 Å². The highest BCUT2D eigenvalue weighted by Crippen LogP contribution is 2.28. The molecule has 0 spiro atoms. The lowest BCUT2D eigenvalue weighted by Gasteiger charge is -2.32. The highest BCUT2D eigenvalue weighted by atomic mass is 19.1. The summed E-state index contributed by atoms with van der Waals surface area (Å²) in [5, 5.41) is 17.1. The molecule has 0 bridgehead atoms. The second-order valence-corrected chi connectivity index (χ2v) is 5.64. The van der Waals surface area contributed by atoms with E-state index >= 15 is 0 Å². The van der Waals surface area contributed by atoms with Crippen molar-refractivity contribution in [3.8, 4) is 0 Å². The maximum atomic E-state index is 13.7. The number of benzene rings is 1. The van der Waals surface area contributed by atoms with E-state index < -0.39 is 6.10 Å². The van der Waals surface area contributed by atoms with E-state index in [4.69, 9.17) is 0 Å². The van der Waals surface area contributed by atoms with Gasteiger partial charge in [0.05, 0.1) is 12.3 Å². The Morgan fingerprint density at radius 1 is 1.33 bits per heavy atom. The molecule has 2 aromatic rings. The Hall–Kier alpha value is -1.72. The summed E-state index contributed by atoms with van der Waals surface area (Å²) in [5.41, 5.74) is 1.64. The van der Waals surface area contributed by atoms with Gasteiger partial charge in [0, 0.05) is 18.3 Å². The van der Waals surface area contributed by atoms with Crippen molar-refractivity contribution < 1.29 is 9.50 Å². The average molecular weight is 289 g/mol. The minimum absolute atomic E-state index is 0.335. The number of aromatic nitrogens is 2. The van der Waals surface area contributed by atoms with E-state index in [0.717, 1.165) is 25.9 Å². The standard InChI is InChI=1S/C16H20FN3O/c17-15-4-2-1-3-14(15)16(21)11-20-7-5-12(6-8-20)13-9-18-19-10-13/h1-4,9-10,12,16,21H,5-8,11H2,(H,18,19)/t16-/m0/s1. The molecule has 0 saturated carbocycles. The summed E-state index contributed by atoms with van der Waals surface area (Å²) in [6.45, 7) is 2.32. The highest BCUT2D eigenvalue weighted by molar-refractivity contribution is 5.20. The SMILES string of the molecule is O[C@@H](CN1CCC(c2cn[nH]c2)CC1)c1ccccc1F. The molecular weight excluding hydrogens is 269 g/mol. The monoisotopic (exact) mass is 289 g/mol. The Labute approximate surface area is 123 Å². The number of nitrogens with zero attached hydrogens (tertiary/aromatic N) is 2. The average Bonchev–Trinajstić information content (AvgIpc) is 3.02. The molecule has 112 valence electrons. The van der Waals surface area contributed by atoms with Gasteiger partial charge in [0.1, 0.15) is 5.82 Å². The predicted molar refractivity (Wildman–Crippen MR) is 78.4 cm³/mol. The van der Waals surface area contributed by atoms with Gasteiger partial charge in [-0.15, -0.1) is 0 Å². The van der Waals surface area contributed by atoms with E-state index in [1.54, 1.807) is 18.2 Å². The first-order valence-electron chi connectivity index (χ1n) is 7.37. The van der Waals surface area contributed by atoms with Crippen LogP contribution in [0.2, 0.25) is 0 Å². The maximum absolute atomic E-state index is 13.7. The van der Waals surface area contributed by atoms with Crippen LogP contribution in [-0.4, -0.2) is 39.8 Å². The van der Waals surface area contributed by atoms with Gasteiger partial charge in [0.15, 0.2) is 0 Å². The van der Waals surface area contributed by atoms with E-state index in [2.05, 4.69) is 15.1 Å². The van der Waals surface area contributed by atoms with Crippen molar-refractivity contribution in [2.45, 2.75) is 24.9 Å². The number of piperidine rings is 1. The molecule has 0 radical (unpaired) electrons. The van der Waals surface area contributed by atoms with Gasteiger partial charge in [-0.1, -0.05) is 18.2 Å². The molecule has 1 aliphatic heterocycles. The topological polar surface area (TPSA) is 52.1 Å². The number of β-amino-alcohol motifs (C(OH)–C–C–N with tert-alkyl or cyclic N) is 1. The van der Waals surface area contributed by atoms with Crippen molar-refractivity contribution in [2.75, 3.05) is 19.6 Å². The largest absolute Gasteiger partial charge is 0.387 e. The molecule has 0 aliphatic carbocycles. The summed E-state index contributed by atoms with van der Waals surface area (Å²) in [6.07, 6.45) is 5.16. The van der Waals surface area contributed by atoms with Crippen LogP contribution in [0.1, 0.15) is 36.0 Å². The normalized spacial score (nSPS) is 18.8. The van der Waals surface area contributed by atoms with Crippen LogP contribution in [0.3, 0.4) is 0 Å². The van der Waals surface area contributed by atoms with Crippen molar-refractivity contribution in [3.05, 3.63) is 53.6 Å². The second-order valence-electron chi connectivity index (χ2n) is 5.64. The summed E-state index contributed by atoms with van der Waals surface area (Å²) in [7, 11) is 0. The lowest BCUT2D eigenvalue weighted by Crippen LogP contribution is -2.36. The van der Waals surface area contributed by atoms with Crippen LogP contribution < -0.4 is 0 Å². The first kappa shape index (κ1) is 14.2. The third-order valence-corrected chi connectivity index (χ3v) is 4.27. The van der Waals surface area contributed by atoms with E-state index in [9.17, 15) is 9.50 Å². The number of likely N-dealkylation sites (tertiary alicyclic amines) is 1. The molecule has 3 rings (SSSR count). The number of rotatable bonds is 4. The zero-order valence-electron chi connectivity index (χ0n) is 11.9. The number of aliphatic hydroxyl groups excluding tert-OH is 1. The van der Waals surface area contributed by atoms with Gasteiger partial charge in [-0.05, 0) is 43.5 Å². The number of aromatic amines is 1. The Kier molecular flexibility index (Phi) is 4.31.